The molecule has 9 heteroatoms. The van der Waals surface area contributed by atoms with Crippen molar-refractivity contribution in [3.63, 3.8) is 0 Å². The van der Waals surface area contributed by atoms with Crippen molar-refractivity contribution in [2.24, 2.45) is 11.8 Å². The molecule has 3 heterocycles. The second-order valence-corrected chi connectivity index (χ2v) is 8.50. The number of carbonyl (C=O) groups excluding carboxylic acids is 3. The summed E-state index contributed by atoms with van der Waals surface area (Å²) in [6.07, 6.45) is 2.14. The van der Waals surface area contributed by atoms with E-state index in [9.17, 15) is 24.3 Å². The highest BCUT2D eigenvalue weighted by molar-refractivity contribution is 6.09. The molecule has 2 saturated heterocycles. The lowest BCUT2D eigenvalue weighted by Crippen LogP contribution is -2.46. The molecular weight excluding hydrogens is 438 g/mol. The van der Waals surface area contributed by atoms with Gasteiger partial charge < -0.3 is 20.5 Å². The molecule has 174 valence electrons. The highest BCUT2D eigenvalue weighted by atomic mass is 16.5. The van der Waals surface area contributed by atoms with Crippen LogP contribution in [0, 0.1) is 11.8 Å². The quantitative estimate of drug-likeness (QED) is 0.421. The van der Waals surface area contributed by atoms with Crippen LogP contribution in [-0.2, 0) is 24.7 Å². The number of carboxylic acid groups (broad SMARTS) is 1. The predicted molar refractivity (Wildman–Crippen MR) is 119 cm³/mol. The van der Waals surface area contributed by atoms with Crippen LogP contribution in [0.4, 0.5) is 4.79 Å². The molecule has 5 rings (SSSR count). The van der Waals surface area contributed by atoms with Crippen molar-refractivity contribution in [2.75, 3.05) is 13.1 Å². The molecule has 4 unspecified atom stereocenters. The Hall–Kier alpha value is -3.98. The summed E-state index contributed by atoms with van der Waals surface area (Å²) in [6, 6.07) is 17.4. The number of rotatable bonds is 7. The lowest BCUT2D eigenvalue weighted by Gasteiger charge is -2.28. The zero-order valence-electron chi connectivity index (χ0n) is 18.1. The van der Waals surface area contributed by atoms with Gasteiger partial charge in [0.15, 0.2) is 5.54 Å². The van der Waals surface area contributed by atoms with Crippen LogP contribution in [0.25, 0.3) is 0 Å². The lowest BCUT2D eigenvalue weighted by atomic mass is 9.82. The van der Waals surface area contributed by atoms with Crippen LogP contribution in [0.5, 0.6) is 0 Å². The Bertz CT molecular complexity index is 1130. The van der Waals surface area contributed by atoms with E-state index in [4.69, 9.17) is 4.74 Å². The molecule has 9 nitrogen and oxygen atoms in total. The summed E-state index contributed by atoms with van der Waals surface area (Å²) < 4.78 is 5.54. The maximum absolute atomic E-state index is 13.6. The molecule has 0 radical (unpaired) electrons. The van der Waals surface area contributed by atoms with E-state index >= 15 is 0 Å². The minimum absolute atomic E-state index is 0.0123. The number of imide groups is 1. The van der Waals surface area contributed by atoms with Crippen molar-refractivity contribution in [2.45, 2.75) is 17.7 Å². The van der Waals surface area contributed by atoms with E-state index in [1.807, 2.05) is 12.1 Å². The smallest absolute Gasteiger partial charge is 0.325 e. The molecule has 3 N–H and O–H groups in total. The molecule has 4 atom stereocenters. The number of carboxylic acids is 1. The number of hydrogen-bond donors (Lipinski definition) is 3. The van der Waals surface area contributed by atoms with Gasteiger partial charge in [0.25, 0.3) is 5.91 Å². The number of ether oxygens (including phenoxy) is 1. The first-order valence-corrected chi connectivity index (χ1v) is 11.0. The van der Waals surface area contributed by atoms with Gasteiger partial charge in [0, 0.05) is 13.1 Å². The summed E-state index contributed by atoms with van der Waals surface area (Å²) in [7, 11) is 0. The average molecular weight is 461 g/mol. The van der Waals surface area contributed by atoms with E-state index in [0.29, 0.717) is 11.1 Å². The van der Waals surface area contributed by atoms with Gasteiger partial charge in [-0.3, -0.25) is 19.3 Å². The van der Waals surface area contributed by atoms with Gasteiger partial charge in [-0.2, -0.15) is 0 Å². The Kier molecular flexibility index (Phi) is 5.41. The second kappa shape index (κ2) is 8.42. The van der Waals surface area contributed by atoms with Crippen LogP contribution in [0.1, 0.15) is 11.1 Å². The zero-order valence-corrected chi connectivity index (χ0v) is 18.1. The average Bonchev–Trinajstić information content (AvgIpc) is 3.54. The fourth-order valence-corrected chi connectivity index (χ4v) is 5.04. The molecule has 2 aromatic rings. The first-order valence-electron chi connectivity index (χ1n) is 11.0. The molecule has 3 aliphatic heterocycles. The Morgan fingerprint density at radius 3 is 2.06 bits per heavy atom. The Morgan fingerprint density at radius 2 is 1.50 bits per heavy atom. The third-order valence-corrected chi connectivity index (χ3v) is 6.64. The Morgan fingerprint density at radius 1 is 0.941 bits per heavy atom. The topological polar surface area (TPSA) is 125 Å². The van der Waals surface area contributed by atoms with Crippen molar-refractivity contribution in [1.82, 2.24) is 15.5 Å². The summed E-state index contributed by atoms with van der Waals surface area (Å²) in [5, 5.41) is 15.0. The van der Waals surface area contributed by atoms with Crippen molar-refractivity contribution in [3.8, 4) is 0 Å². The van der Waals surface area contributed by atoms with Gasteiger partial charge in [-0.15, -0.1) is 0 Å². The third-order valence-electron chi connectivity index (χ3n) is 6.64. The minimum atomic E-state index is -1.37. The van der Waals surface area contributed by atoms with E-state index < -0.39 is 53.4 Å². The number of nitrogens with zero attached hydrogens (tertiary/aromatic N) is 1. The molecule has 2 fully saturated rings. The van der Waals surface area contributed by atoms with Gasteiger partial charge in [0.1, 0.15) is 5.92 Å². The van der Waals surface area contributed by atoms with Gasteiger partial charge in [0.2, 0.25) is 5.91 Å². The van der Waals surface area contributed by atoms with E-state index in [1.165, 1.54) is 0 Å². The van der Waals surface area contributed by atoms with Crippen molar-refractivity contribution < 1.29 is 29.0 Å². The van der Waals surface area contributed by atoms with Gasteiger partial charge in [-0.05, 0) is 11.1 Å². The fraction of sp³-hybridized carbons (Fsp3) is 0.280. The van der Waals surface area contributed by atoms with Crippen LogP contribution < -0.4 is 10.6 Å². The maximum Gasteiger partial charge on any atom is 0.325 e. The van der Waals surface area contributed by atoms with E-state index in [-0.39, 0.29) is 13.1 Å². The highest BCUT2D eigenvalue weighted by Gasteiger charge is 2.54. The summed E-state index contributed by atoms with van der Waals surface area (Å²) in [5.41, 5.74) is -0.121. The summed E-state index contributed by atoms with van der Waals surface area (Å²) in [5.74, 6) is -3.84. The zero-order chi connectivity index (χ0) is 23.9. The van der Waals surface area contributed by atoms with E-state index in [0.717, 1.165) is 4.90 Å². The van der Waals surface area contributed by atoms with Gasteiger partial charge in [-0.25, -0.2) is 4.79 Å². The molecule has 2 aromatic carbocycles. The SMILES string of the molecule is O=C(O)C1C2C=CC(O2)C1C(=O)NCCN1C(=O)NC(c2ccccc2)(c2ccccc2)C1=O. The number of hydrogen-bond acceptors (Lipinski definition) is 5. The van der Waals surface area contributed by atoms with Crippen molar-refractivity contribution in [3.05, 3.63) is 83.9 Å². The molecule has 2 bridgehead atoms. The van der Waals surface area contributed by atoms with Crippen molar-refractivity contribution >= 4 is 23.8 Å². The molecule has 34 heavy (non-hydrogen) atoms. The lowest BCUT2D eigenvalue weighted by molar-refractivity contribution is -0.146. The van der Waals surface area contributed by atoms with Gasteiger partial charge >= 0.3 is 12.0 Å². The van der Waals surface area contributed by atoms with Crippen LogP contribution in [0.15, 0.2) is 72.8 Å². The first-order chi connectivity index (χ1) is 16.4. The third kappa shape index (κ3) is 3.36. The molecule has 0 aromatic heterocycles. The normalized spacial score (nSPS) is 26.5. The first kappa shape index (κ1) is 21.8. The summed E-state index contributed by atoms with van der Waals surface area (Å²) >= 11 is 0. The Labute approximate surface area is 195 Å². The summed E-state index contributed by atoms with van der Waals surface area (Å²) in [4.78, 5) is 52.0. The fourth-order valence-electron chi connectivity index (χ4n) is 5.04. The highest BCUT2D eigenvalue weighted by Crippen LogP contribution is 2.39. The van der Waals surface area contributed by atoms with E-state index in [1.54, 1.807) is 60.7 Å². The molecule has 3 aliphatic rings. The second-order valence-electron chi connectivity index (χ2n) is 8.50. The number of benzene rings is 2. The monoisotopic (exact) mass is 461 g/mol. The number of urea groups is 1. The summed E-state index contributed by atoms with van der Waals surface area (Å²) in [6.45, 7) is -0.0747. The van der Waals surface area contributed by atoms with Gasteiger partial charge in [-0.1, -0.05) is 72.8 Å². The van der Waals surface area contributed by atoms with Crippen LogP contribution in [-0.4, -0.2) is 59.1 Å². The molecule has 4 amide bonds. The van der Waals surface area contributed by atoms with Crippen LogP contribution >= 0.6 is 0 Å². The molecule has 0 saturated carbocycles. The van der Waals surface area contributed by atoms with E-state index in [2.05, 4.69) is 10.6 Å². The number of aliphatic carboxylic acids is 1. The van der Waals surface area contributed by atoms with Crippen LogP contribution in [0.2, 0.25) is 0 Å². The number of fused-ring (bicyclic) bond motifs is 2. The number of amides is 4. The Balaban J connectivity index is 1.32. The predicted octanol–water partition coefficient (Wildman–Crippen LogP) is 1.25. The maximum atomic E-state index is 13.6. The van der Waals surface area contributed by atoms with Crippen molar-refractivity contribution in [1.29, 1.82) is 0 Å². The largest absolute Gasteiger partial charge is 0.481 e. The number of carbonyl (C=O) groups is 4. The number of nitrogens with one attached hydrogen (secondary N) is 2. The molecular formula is C25H23N3O6. The molecule has 0 spiro atoms. The van der Waals surface area contributed by atoms with Crippen LogP contribution in [0.3, 0.4) is 0 Å². The standard InChI is InChI=1S/C25H23N3O6/c29-21(19-17-11-12-18(34-17)20(19)22(30)31)26-13-14-28-23(32)25(27-24(28)33,15-7-3-1-4-8-15)16-9-5-2-6-10-16/h1-12,17-20H,13-14H2,(H,26,29)(H,27,33)(H,30,31). The molecule has 0 aliphatic carbocycles. The minimum Gasteiger partial charge on any atom is -0.481 e. The van der Waals surface area contributed by atoms with Gasteiger partial charge in [0.05, 0.1) is 18.1 Å².